The Bertz CT molecular complexity index is 78.9. The molecule has 2 N–H and O–H groups in total. The van der Waals surface area contributed by atoms with E-state index in [0.29, 0.717) is 12.0 Å². The van der Waals surface area contributed by atoms with Gasteiger partial charge in [-0.15, -0.1) is 0 Å². The van der Waals surface area contributed by atoms with E-state index in [0.717, 1.165) is 0 Å². The Morgan fingerprint density at radius 3 is 2.18 bits per heavy atom. The van der Waals surface area contributed by atoms with E-state index in [2.05, 4.69) is 20.8 Å². The highest BCUT2D eigenvalue weighted by molar-refractivity contribution is 4.64. The lowest BCUT2D eigenvalue weighted by Crippen LogP contribution is -2.25. The van der Waals surface area contributed by atoms with Crippen LogP contribution in [0.5, 0.6) is 0 Å². The lowest BCUT2D eigenvalue weighted by Gasteiger charge is -2.14. The van der Waals surface area contributed by atoms with Crippen LogP contribution in [0.3, 0.4) is 0 Å². The third-order valence-electron chi connectivity index (χ3n) is 2.25. The summed E-state index contributed by atoms with van der Waals surface area (Å²) in [6.45, 7) is 6.64. The highest BCUT2D eigenvalue weighted by Gasteiger charge is 2.05. The van der Waals surface area contributed by atoms with Crippen molar-refractivity contribution in [3.05, 3.63) is 0 Å². The molecule has 0 amide bonds. The first kappa shape index (κ1) is 11.0. The van der Waals surface area contributed by atoms with E-state index in [1.54, 1.807) is 0 Å². The van der Waals surface area contributed by atoms with Crippen LogP contribution < -0.4 is 5.73 Å². The van der Waals surface area contributed by atoms with Gasteiger partial charge in [-0.05, 0) is 12.3 Å². The highest BCUT2D eigenvalue weighted by Crippen LogP contribution is 2.09. The Hall–Kier alpha value is -0.0400. The summed E-state index contributed by atoms with van der Waals surface area (Å²) in [5, 5.41) is 0. The molecule has 0 bridgehead atoms. The minimum atomic E-state index is 0.423. The molecule has 0 aliphatic rings. The van der Waals surface area contributed by atoms with E-state index in [1.165, 1.54) is 32.1 Å². The summed E-state index contributed by atoms with van der Waals surface area (Å²) in [6.07, 6.45) is 6.56. The van der Waals surface area contributed by atoms with Gasteiger partial charge in [0, 0.05) is 6.04 Å². The fourth-order valence-corrected chi connectivity index (χ4v) is 1.14. The summed E-state index contributed by atoms with van der Waals surface area (Å²) in [4.78, 5) is 0. The lowest BCUT2D eigenvalue weighted by atomic mass is 9.99. The van der Waals surface area contributed by atoms with Crippen LogP contribution in [-0.4, -0.2) is 6.04 Å². The monoisotopic (exact) mass is 157 g/mol. The van der Waals surface area contributed by atoms with Crippen molar-refractivity contribution in [3.8, 4) is 0 Å². The molecule has 68 valence electrons. The Balaban J connectivity index is 3.10. The van der Waals surface area contributed by atoms with Gasteiger partial charge >= 0.3 is 0 Å². The van der Waals surface area contributed by atoms with E-state index in [9.17, 15) is 0 Å². The molecule has 0 aromatic heterocycles. The van der Waals surface area contributed by atoms with Crippen LogP contribution in [0.1, 0.15) is 52.9 Å². The normalized spacial score (nSPS) is 13.9. The van der Waals surface area contributed by atoms with Crippen molar-refractivity contribution < 1.29 is 0 Å². The van der Waals surface area contributed by atoms with Crippen molar-refractivity contribution >= 4 is 0 Å². The lowest BCUT2D eigenvalue weighted by molar-refractivity contribution is 0.442. The van der Waals surface area contributed by atoms with Gasteiger partial charge in [0.1, 0.15) is 0 Å². The molecule has 11 heavy (non-hydrogen) atoms. The molecule has 0 saturated carbocycles. The Morgan fingerprint density at radius 2 is 1.73 bits per heavy atom. The minimum Gasteiger partial charge on any atom is -0.327 e. The van der Waals surface area contributed by atoms with Gasteiger partial charge in [-0.3, -0.25) is 0 Å². The van der Waals surface area contributed by atoms with Gasteiger partial charge in [0.2, 0.25) is 0 Å². The number of nitrogens with two attached hydrogens (primary N) is 1. The van der Waals surface area contributed by atoms with Crippen molar-refractivity contribution in [2.24, 2.45) is 11.7 Å². The van der Waals surface area contributed by atoms with Gasteiger partial charge in [0.05, 0.1) is 0 Å². The first-order chi connectivity index (χ1) is 5.18. The van der Waals surface area contributed by atoms with E-state index >= 15 is 0 Å². The molecule has 0 rings (SSSR count). The molecular formula is C10H23N. The second kappa shape index (κ2) is 6.66. The summed E-state index contributed by atoms with van der Waals surface area (Å²) in [6, 6.07) is 0.423. The topological polar surface area (TPSA) is 26.0 Å². The standard InChI is InChI=1S/C10H23N/c1-4-5-6-7-8-10(11)9(2)3/h9-10H,4-8,11H2,1-3H3/t10-/m0/s1. The molecule has 1 nitrogen and oxygen atoms in total. The highest BCUT2D eigenvalue weighted by atomic mass is 14.6. The summed E-state index contributed by atoms with van der Waals surface area (Å²) < 4.78 is 0. The van der Waals surface area contributed by atoms with E-state index in [-0.39, 0.29) is 0 Å². The average Bonchev–Trinajstić information content (AvgIpc) is 1.97. The molecule has 1 atom stereocenters. The quantitative estimate of drug-likeness (QED) is 0.589. The van der Waals surface area contributed by atoms with Gasteiger partial charge in [-0.2, -0.15) is 0 Å². The SMILES string of the molecule is CCCCCC[C@H](N)C(C)C. The van der Waals surface area contributed by atoms with Gasteiger partial charge < -0.3 is 5.73 Å². The largest absolute Gasteiger partial charge is 0.327 e. The molecule has 0 aliphatic carbocycles. The van der Waals surface area contributed by atoms with Crippen LogP contribution in [0.4, 0.5) is 0 Å². The van der Waals surface area contributed by atoms with Gasteiger partial charge in [-0.25, -0.2) is 0 Å². The van der Waals surface area contributed by atoms with Gasteiger partial charge in [0.25, 0.3) is 0 Å². The van der Waals surface area contributed by atoms with Crippen molar-refractivity contribution in [3.63, 3.8) is 0 Å². The predicted octanol–water partition coefficient (Wildman–Crippen LogP) is 2.94. The van der Waals surface area contributed by atoms with Crippen LogP contribution in [0.15, 0.2) is 0 Å². The third-order valence-corrected chi connectivity index (χ3v) is 2.25. The zero-order chi connectivity index (χ0) is 8.69. The summed E-state index contributed by atoms with van der Waals surface area (Å²) in [7, 11) is 0. The smallest absolute Gasteiger partial charge is 0.00618 e. The van der Waals surface area contributed by atoms with Crippen molar-refractivity contribution in [2.75, 3.05) is 0 Å². The zero-order valence-corrected chi connectivity index (χ0v) is 8.27. The molecule has 0 aromatic carbocycles. The Morgan fingerprint density at radius 1 is 1.09 bits per heavy atom. The molecule has 0 radical (unpaired) electrons. The first-order valence-corrected chi connectivity index (χ1v) is 4.94. The van der Waals surface area contributed by atoms with Crippen LogP contribution >= 0.6 is 0 Å². The second-order valence-corrected chi connectivity index (χ2v) is 3.76. The predicted molar refractivity (Wildman–Crippen MR) is 51.6 cm³/mol. The molecular weight excluding hydrogens is 134 g/mol. The minimum absolute atomic E-state index is 0.423. The zero-order valence-electron chi connectivity index (χ0n) is 8.27. The molecule has 0 saturated heterocycles. The average molecular weight is 157 g/mol. The summed E-state index contributed by atoms with van der Waals surface area (Å²) >= 11 is 0. The third kappa shape index (κ3) is 6.36. The van der Waals surface area contributed by atoms with E-state index in [4.69, 9.17) is 5.73 Å². The fraction of sp³-hybridized carbons (Fsp3) is 1.00. The van der Waals surface area contributed by atoms with Gasteiger partial charge in [0.15, 0.2) is 0 Å². The van der Waals surface area contributed by atoms with Crippen LogP contribution in [0.2, 0.25) is 0 Å². The maximum atomic E-state index is 5.90. The van der Waals surface area contributed by atoms with Crippen LogP contribution in [-0.2, 0) is 0 Å². The number of hydrogen-bond donors (Lipinski definition) is 1. The van der Waals surface area contributed by atoms with Crippen LogP contribution in [0, 0.1) is 5.92 Å². The number of unbranched alkanes of at least 4 members (excludes halogenated alkanes) is 3. The van der Waals surface area contributed by atoms with Crippen molar-refractivity contribution in [1.29, 1.82) is 0 Å². The molecule has 1 heteroatoms. The molecule has 0 unspecified atom stereocenters. The summed E-state index contributed by atoms with van der Waals surface area (Å²) in [5.74, 6) is 0.650. The van der Waals surface area contributed by atoms with Crippen molar-refractivity contribution in [1.82, 2.24) is 0 Å². The number of rotatable bonds is 6. The Labute approximate surface area is 71.4 Å². The van der Waals surface area contributed by atoms with Crippen LogP contribution in [0.25, 0.3) is 0 Å². The van der Waals surface area contributed by atoms with E-state index in [1.807, 2.05) is 0 Å². The summed E-state index contributed by atoms with van der Waals surface area (Å²) in [5.41, 5.74) is 5.90. The molecule has 0 heterocycles. The molecule has 0 spiro atoms. The maximum Gasteiger partial charge on any atom is 0.00618 e. The molecule has 0 aromatic rings. The fourth-order valence-electron chi connectivity index (χ4n) is 1.14. The van der Waals surface area contributed by atoms with Crippen molar-refractivity contribution in [2.45, 2.75) is 58.9 Å². The molecule has 0 aliphatic heterocycles. The van der Waals surface area contributed by atoms with E-state index < -0.39 is 0 Å². The maximum absolute atomic E-state index is 5.90. The first-order valence-electron chi connectivity index (χ1n) is 4.94. The molecule has 0 fully saturated rings. The second-order valence-electron chi connectivity index (χ2n) is 3.76. The van der Waals surface area contributed by atoms with Gasteiger partial charge in [-0.1, -0.05) is 46.5 Å². The number of hydrogen-bond acceptors (Lipinski definition) is 1. The Kier molecular flexibility index (Phi) is 6.63.